The van der Waals surface area contributed by atoms with Crippen molar-refractivity contribution >= 4 is 34.8 Å². The lowest BCUT2D eigenvalue weighted by atomic mass is 10.1. The van der Waals surface area contributed by atoms with Gasteiger partial charge in [0.1, 0.15) is 5.75 Å². The van der Waals surface area contributed by atoms with Crippen LogP contribution in [0.15, 0.2) is 72.8 Å². The molecule has 3 aromatic carbocycles. The highest BCUT2D eigenvalue weighted by molar-refractivity contribution is 6.32. The maximum absolute atomic E-state index is 12.8. The fourth-order valence-corrected chi connectivity index (χ4v) is 2.77. The molecule has 31 heavy (non-hydrogen) atoms. The second kappa shape index (κ2) is 9.53. The van der Waals surface area contributed by atoms with Gasteiger partial charge in [-0.3, -0.25) is 9.59 Å². The molecular formula is C22H16ClF3N2O3. The van der Waals surface area contributed by atoms with E-state index in [1.807, 2.05) is 0 Å². The molecule has 0 aromatic heterocycles. The molecule has 0 spiro atoms. The lowest BCUT2D eigenvalue weighted by molar-refractivity contribution is -0.137. The number of benzene rings is 3. The Bertz CT molecular complexity index is 1090. The Balaban J connectivity index is 1.56. The van der Waals surface area contributed by atoms with Gasteiger partial charge in [0.05, 0.1) is 10.6 Å². The Morgan fingerprint density at radius 1 is 0.871 bits per heavy atom. The van der Waals surface area contributed by atoms with E-state index in [0.717, 1.165) is 12.1 Å². The molecule has 9 heteroatoms. The van der Waals surface area contributed by atoms with Crippen LogP contribution in [0.5, 0.6) is 5.75 Å². The minimum atomic E-state index is -4.50. The van der Waals surface area contributed by atoms with Gasteiger partial charge in [-0.05, 0) is 54.6 Å². The topological polar surface area (TPSA) is 67.4 Å². The Morgan fingerprint density at radius 3 is 2.26 bits per heavy atom. The molecule has 0 aliphatic rings. The third-order valence-electron chi connectivity index (χ3n) is 4.07. The predicted octanol–water partition coefficient (Wildman–Crippen LogP) is 5.63. The normalized spacial score (nSPS) is 11.0. The molecule has 0 fully saturated rings. The fraction of sp³-hybridized carbons (Fsp3) is 0.0909. The number of carbonyl (C=O) groups excluding carboxylic acids is 2. The van der Waals surface area contributed by atoms with Gasteiger partial charge in [-0.15, -0.1) is 0 Å². The number of hydrogen-bond donors (Lipinski definition) is 2. The molecule has 0 bridgehead atoms. The number of halogens is 4. The Hall–Kier alpha value is -3.52. The minimum absolute atomic E-state index is 0.0222. The van der Waals surface area contributed by atoms with Crippen LogP contribution in [0, 0.1) is 0 Å². The van der Waals surface area contributed by atoms with E-state index < -0.39 is 23.6 Å². The summed E-state index contributed by atoms with van der Waals surface area (Å²) >= 11 is 5.95. The molecule has 0 aliphatic carbocycles. The SMILES string of the molecule is O=C(COc1ccccc1Cl)Nc1ccc(C(=O)Nc2cccc(C(F)(F)F)c2)cc1. The predicted molar refractivity (Wildman–Crippen MR) is 111 cm³/mol. The summed E-state index contributed by atoms with van der Waals surface area (Å²) in [6.07, 6.45) is -4.50. The molecule has 0 aliphatic heterocycles. The van der Waals surface area contributed by atoms with Gasteiger partial charge in [0, 0.05) is 16.9 Å². The van der Waals surface area contributed by atoms with E-state index in [4.69, 9.17) is 16.3 Å². The summed E-state index contributed by atoms with van der Waals surface area (Å²) in [5.41, 5.74) is -0.206. The average molecular weight is 449 g/mol. The summed E-state index contributed by atoms with van der Waals surface area (Å²) in [6, 6.07) is 16.9. The number of para-hydroxylation sites is 1. The van der Waals surface area contributed by atoms with Gasteiger partial charge in [-0.25, -0.2) is 0 Å². The lowest BCUT2D eigenvalue weighted by Crippen LogP contribution is -2.20. The van der Waals surface area contributed by atoms with E-state index >= 15 is 0 Å². The van der Waals surface area contributed by atoms with Crippen LogP contribution >= 0.6 is 11.6 Å². The van der Waals surface area contributed by atoms with Gasteiger partial charge in [0.2, 0.25) is 0 Å². The first-order valence-electron chi connectivity index (χ1n) is 8.98. The van der Waals surface area contributed by atoms with E-state index in [9.17, 15) is 22.8 Å². The third-order valence-corrected chi connectivity index (χ3v) is 4.39. The number of ether oxygens (including phenoxy) is 1. The van der Waals surface area contributed by atoms with Gasteiger partial charge in [0.25, 0.3) is 11.8 Å². The maximum atomic E-state index is 12.8. The number of rotatable bonds is 6. The van der Waals surface area contributed by atoms with Crippen molar-refractivity contribution in [1.82, 2.24) is 0 Å². The summed E-state index contributed by atoms with van der Waals surface area (Å²) in [7, 11) is 0. The standard InChI is InChI=1S/C22H16ClF3N2O3/c23-18-6-1-2-7-19(18)31-13-20(29)27-16-10-8-14(9-11-16)21(30)28-17-5-3-4-15(12-17)22(24,25)26/h1-12H,13H2,(H,27,29)(H,28,30). The highest BCUT2D eigenvalue weighted by Crippen LogP contribution is 2.30. The second-order valence-corrected chi connectivity index (χ2v) is 6.78. The Kier molecular flexibility index (Phi) is 6.81. The molecule has 5 nitrogen and oxygen atoms in total. The lowest BCUT2D eigenvalue weighted by Gasteiger charge is -2.11. The van der Waals surface area contributed by atoms with Crippen LogP contribution < -0.4 is 15.4 Å². The number of hydrogen-bond acceptors (Lipinski definition) is 3. The van der Waals surface area contributed by atoms with Crippen LogP contribution in [-0.2, 0) is 11.0 Å². The molecule has 0 saturated heterocycles. The fourth-order valence-electron chi connectivity index (χ4n) is 2.58. The number of alkyl halides is 3. The highest BCUT2D eigenvalue weighted by Gasteiger charge is 2.30. The highest BCUT2D eigenvalue weighted by atomic mass is 35.5. The second-order valence-electron chi connectivity index (χ2n) is 6.38. The van der Waals surface area contributed by atoms with Crippen LogP contribution in [0.4, 0.5) is 24.5 Å². The van der Waals surface area contributed by atoms with Crippen LogP contribution in [0.2, 0.25) is 5.02 Å². The average Bonchev–Trinajstić information content (AvgIpc) is 2.73. The van der Waals surface area contributed by atoms with Gasteiger partial charge in [-0.2, -0.15) is 13.2 Å². The number of nitrogens with one attached hydrogen (secondary N) is 2. The van der Waals surface area contributed by atoms with E-state index in [0.29, 0.717) is 16.5 Å². The number of carbonyl (C=O) groups is 2. The molecule has 2 amide bonds. The Morgan fingerprint density at radius 2 is 1.58 bits per heavy atom. The molecule has 3 rings (SSSR count). The molecule has 0 heterocycles. The van der Waals surface area contributed by atoms with Crippen molar-refractivity contribution in [2.45, 2.75) is 6.18 Å². The van der Waals surface area contributed by atoms with E-state index in [1.54, 1.807) is 24.3 Å². The largest absolute Gasteiger partial charge is 0.482 e. The van der Waals surface area contributed by atoms with Crippen LogP contribution in [-0.4, -0.2) is 18.4 Å². The zero-order valence-corrected chi connectivity index (χ0v) is 16.6. The van der Waals surface area contributed by atoms with E-state index in [-0.39, 0.29) is 17.9 Å². The third kappa shape index (κ3) is 6.23. The molecule has 0 atom stereocenters. The van der Waals surface area contributed by atoms with Crippen LogP contribution in [0.25, 0.3) is 0 Å². The molecule has 0 radical (unpaired) electrons. The quantitative estimate of drug-likeness (QED) is 0.513. The molecule has 160 valence electrons. The molecule has 0 unspecified atom stereocenters. The summed E-state index contributed by atoms with van der Waals surface area (Å²) in [6.45, 7) is -0.262. The van der Waals surface area contributed by atoms with E-state index in [2.05, 4.69) is 10.6 Å². The maximum Gasteiger partial charge on any atom is 0.416 e. The van der Waals surface area contributed by atoms with Gasteiger partial charge < -0.3 is 15.4 Å². The zero-order valence-electron chi connectivity index (χ0n) is 15.9. The number of amides is 2. The van der Waals surface area contributed by atoms with Crippen molar-refractivity contribution in [3.05, 3.63) is 88.9 Å². The van der Waals surface area contributed by atoms with Crippen molar-refractivity contribution < 1.29 is 27.5 Å². The first-order chi connectivity index (χ1) is 14.7. The van der Waals surface area contributed by atoms with Crippen molar-refractivity contribution in [2.75, 3.05) is 17.2 Å². The molecule has 2 N–H and O–H groups in total. The van der Waals surface area contributed by atoms with Crippen molar-refractivity contribution in [3.63, 3.8) is 0 Å². The number of anilines is 2. The first-order valence-corrected chi connectivity index (χ1v) is 9.36. The van der Waals surface area contributed by atoms with Crippen molar-refractivity contribution in [1.29, 1.82) is 0 Å². The van der Waals surface area contributed by atoms with Crippen molar-refractivity contribution in [2.24, 2.45) is 0 Å². The van der Waals surface area contributed by atoms with Crippen molar-refractivity contribution in [3.8, 4) is 5.75 Å². The Labute approximate surface area is 180 Å². The van der Waals surface area contributed by atoms with Gasteiger partial charge in [0.15, 0.2) is 6.61 Å². The first kappa shape index (κ1) is 22.2. The molecule has 0 saturated carbocycles. The van der Waals surface area contributed by atoms with Crippen LogP contribution in [0.1, 0.15) is 15.9 Å². The zero-order chi connectivity index (χ0) is 22.4. The minimum Gasteiger partial charge on any atom is -0.482 e. The smallest absolute Gasteiger partial charge is 0.416 e. The summed E-state index contributed by atoms with van der Waals surface area (Å²) in [5, 5.41) is 5.40. The molecule has 3 aromatic rings. The molecular weight excluding hydrogens is 433 g/mol. The van der Waals surface area contributed by atoms with Gasteiger partial charge >= 0.3 is 6.18 Å². The summed E-state index contributed by atoms with van der Waals surface area (Å²) < 4.78 is 43.7. The summed E-state index contributed by atoms with van der Waals surface area (Å²) in [5.74, 6) is -0.638. The van der Waals surface area contributed by atoms with Gasteiger partial charge in [-0.1, -0.05) is 29.8 Å². The monoisotopic (exact) mass is 448 g/mol. The summed E-state index contributed by atoms with van der Waals surface area (Å²) in [4.78, 5) is 24.3. The van der Waals surface area contributed by atoms with Crippen LogP contribution in [0.3, 0.4) is 0 Å². The van der Waals surface area contributed by atoms with E-state index in [1.165, 1.54) is 36.4 Å².